The summed E-state index contributed by atoms with van der Waals surface area (Å²) in [5, 5.41) is 8.39. The van der Waals surface area contributed by atoms with Crippen molar-refractivity contribution >= 4 is 52.6 Å². The van der Waals surface area contributed by atoms with E-state index in [-0.39, 0.29) is 18.7 Å². The summed E-state index contributed by atoms with van der Waals surface area (Å²) in [6.07, 6.45) is 0.774. The van der Waals surface area contributed by atoms with E-state index in [0.29, 0.717) is 95.1 Å². The van der Waals surface area contributed by atoms with Crippen LogP contribution in [0.15, 0.2) is 48.0 Å². The molecule has 1 aliphatic heterocycles. The van der Waals surface area contributed by atoms with Gasteiger partial charge in [-0.2, -0.15) is 11.8 Å². The number of halogens is 1. The Hall–Kier alpha value is -4.49. The van der Waals surface area contributed by atoms with Gasteiger partial charge < -0.3 is 44.0 Å². The van der Waals surface area contributed by atoms with Gasteiger partial charge in [0.25, 0.3) is 5.91 Å². The number of nitrogens with one attached hydrogen (secondary N) is 3. The van der Waals surface area contributed by atoms with Crippen LogP contribution in [0.4, 0.5) is 14.9 Å². The predicted molar refractivity (Wildman–Crippen MR) is 241 cm³/mol. The lowest BCUT2D eigenvalue weighted by Crippen LogP contribution is -2.61. The molecule has 0 radical (unpaired) electrons. The van der Waals surface area contributed by atoms with Gasteiger partial charge in [0.05, 0.1) is 68.5 Å². The fourth-order valence-corrected chi connectivity index (χ4v) is 8.61. The third-order valence-corrected chi connectivity index (χ3v) is 12.7. The lowest BCUT2D eigenvalue weighted by Gasteiger charge is -2.37. The summed E-state index contributed by atoms with van der Waals surface area (Å²) in [7, 11) is 1.50. The van der Waals surface area contributed by atoms with Crippen LogP contribution in [0.5, 0.6) is 11.5 Å². The van der Waals surface area contributed by atoms with Crippen molar-refractivity contribution in [3.8, 4) is 21.9 Å². The number of ether oxygens (including phenoxy) is 6. The number of carbonyl (C=O) groups is 4. The van der Waals surface area contributed by atoms with Gasteiger partial charge in [0.1, 0.15) is 35.8 Å². The van der Waals surface area contributed by atoms with E-state index in [1.807, 2.05) is 50.5 Å². The first-order valence-corrected chi connectivity index (χ1v) is 23.1. The van der Waals surface area contributed by atoms with Crippen molar-refractivity contribution < 1.29 is 52.0 Å². The molecule has 1 aromatic heterocycles. The molecule has 346 valence electrons. The molecule has 0 spiro atoms. The van der Waals surface area contributed by atoms with Gasteiger partial charge in [-0.1, -0.05) is 24.3 Å². The predicted octanol–water partition coefficient (Wildman–Crippen LogP) is 6.71. The third-order valence-electron chi connectivity index (χ3n) is 10.3. The highest BCUT2D eigenvalue weighted by atomic mass is 32.2. The number of thiazole rings is 1. The van der Waals surface area contributed by atoms with Crippen LogP contribution in [0.3, 0.4) is 0 Å². The monoisotopic (exact) mass is 915 g/mol. The normalized spacial score (nSPS) is 16.3. The van der Waals surface area contributed by atoms with E-state index in [9.17, 15) is 23.6 Å². The number of methoxy groups -OCH3 is 1. The van der Waals surface area contributed by atoms with Gasteiger partial charge in [0.2, 0.25) is 11.8 Å². The molecule has 1 aliphatic carbocycles. The summed E-state index contributed by atoms with van der Waals surface area (Å²) in [6, 6.07) is 11.2. The van der Waals surface area contributed by atoms with Gasteiger partial charge in [-0.3, -0.25) is 19.7 Å². The summed E-state index contributed by atoms with van der Waals surface area (Å²) >= 11 is 3.01. The van der Waals surface area contributed by atoms with Crippen molar-refractivity contribution in [2.75, 3.05) is 71.0 Å². The SMILES string of the molecule is COc1cc(OCCOCCOCCOCCSC(C)(C)[C@H](NC(=O)C2(F)CC2)C(=O)N2CCCC2C(=O)NCc2ccc(-c3scnc3C)cc2)ccc1NC(=O)OC(C)(C)C. The molecule has 0 bridgehead atoms. The molecule has 1 saturated carbocycles. The maximum atomic E-state index is 14.9. The Morgan fingerprint density at radius 2 is 1.62 bits per heavy atom. The van der Waals surface area contributed by atoms with Crippen LogP contribution in [-0.2, 0) is 39.9 Å². The summed E-state index contributed by atoms with van der Waals surface area (Å²) in [5.74, 6) is 0.00958. The second-order valence-electron chi connectivity index (χ2n) is 16.9. The average Bonchev–Trinajstić information content (AvgIpc) is 3.57. The zero-order valence-electron chi connectivity index (χ0n) is 37.3. The third kappa shape index (κ3) is 15.1. The number of carbonyl (C=O) groups excluding carboxylic acids is 4. The molecule has 63 heavy (non-hydrogen) atoms. The van der Waals surface area contributed by atoms with Crippen LogP contribution in [-0.4, -0.2) is 127 Å². The lowest BCUT2D eigenvalue weighted by atomic mass is 10.00. The van der Waals surface area contributed by atoms with Gasteiger partial charge >= 0.3 is 6.09 Å². The van der Waals surface area contributed by atoms with Crippen molar-refractivity contribution in [1.29, 1.82) is 0 Å². The van der Waals surface area contributed by atoms with Crippen LogP contribution >= 0.6 is 23.1 Å². The number of likely N-dealkylation sites (tertiary alicyclic amines) is 1. The van der Waals surface area contributed by atoms with Crippen molar-refractivity contribution in [1.82, 2.24) is 20.5 Å². The molecule has 5 rings (SSSR count). The highest BCUT2D eigenvalue weighted by Crippen LogP contribution is 2.41. The Balaban J connectivity index is 0.987. The quantitative estimate of drug-likeness (QED) is 0.0812. The first-order valence-electron chi connectivity index (χ1n) is 21.2. The van der Waals surface area contributed by atoms with Crippen molar-refractivity contribution in [3.63, 3.8) is 0 Å². The molecule has 3 N–H and O–H groups in total. The van der Waals surface area contributed by atoms with Gasteiger partial charge in [-0.25, -0.2) is 14.2 Å². The van der Waals surface area contributed by atoms with Crippen molar-refractivity contribution in [3.05, 3.63) is 59.2 Å². The van der Waals surface area contributed by atoms with Crippen LogP contribution < -0.4 is 25.4 Å². The molecule has 2 atom stereocenters. The molecule has 1 unspecified atom stereocenters. The molecular weight excluding hydrogens is 854 g/mol. The second kappa shape index (κ2) is 22.9. The largest absolute Gasteiger partial charge is 0.494 e. The Morgan fingerprint density at radius 3 is 2.24 bits per heavy atom. The average molecular weight is 916 g/mol. The van der Waals surface area contributed by atoms with Crippen LogP contribution in [0.25, 0.3) is 10.4 Å². The Labute approximate surface area is 377 Å². The van der Waals surface area contributed by atoms with E-state index in [1.165, 1.54) is 23.8 Å². The number of aromatic nitrogens is 1. The van der Waals surface area contributed by atoms with Crippen molar-refractivity contribution in [2.45, 2.75) is 102 Å². The molecule has 15 nitrogen and oxygen atoms in total. The van der Waals surface area contributed by atoms with E-state index in [1.54, 1.807) is 50.3 Å². The van der Waals surface area contributed by atoms with Gasteiger partial charge in [0.15, 0.2) is 5.67 Å². The molecule has 2 aliphatic rings. The Kier molecular flexibility index (Phi) is 18.0. The number of alkyl halides is 1. The summed E-state index contributed by atoms with van der Waals surface area (Å²) in [5.41, 5.74) is 2.63. The van der Waals surface area contributed by atoms with Gasteiger partial charge in [-0.15, -0.1) is 11.3 Å². The number of rotatable bonds is 24. The van der Waals surface area contributed by atoms with E-state index in [4.69, 9.17) is 28.4 Å². The fourth-order valence-electron chi connectivity index (χ4n) is 6.74. The number of nitrogens with zero attached hydrogens (tertiary/aromatic N) is 2. The van der Waals surface area contributed by atoms with E-state index in [2.05, 4.69) is 20.9 Å². The van der Waals surface area contributed by atoms with Crippen LogP contribution in [0, 0.1) is 6.92 Å². The summed E-state index contributed by atoms with van der Waals surface area (Å²) < 4.78 is 47.5. The minimum absolute atomic E-state index is 0.118. The number of benzene rings is 2. The van der Waals surface area contributed by atoms with Crippen LogP contribution in [0.2, 0.25) is 0 Å². The number of thioether (sulfide) groups is 1. The minimum atomic E-state index is -1.97. The molecule has 1 saturated heterocycles. The highest BCUT2D eigenvalue weighted by Gasteiger charge is 2.53. The molecule has 2 fully saturated rings. The van der Waals surface area contributed by atoms with Crippen LogP contribution in [0.1, 0.15) is 71.6 Å². The Bertz CT molecular complexity index is 1990. The number of hydrogen-bond donors (Lipinski definition) is 3. The van der Waals surface area contributed by atoms with E-state index < -0.39 is 46.0 Å². The lowest BCUT2D eigenvalue weighted by molar-refractivity contribution is -0.143. The Morgan fingerprint density at radius 1 is 0.952 bits per heavy atom. The molecule has 2 aromatic carbocycles. The standard InChI is InChI=1S/C45H62FN5O10S2/c1-30-37(62-29-48-30)32-12-10-31(11-13-32)28-47-39(52)35-9-8-18-51(35)40(53)38(50-41(54)45(46)16-17-45)44(5,6)63-26-25-59-22-21-57-19-20-58-23-24-60-33-14-15-34(36(27-33)56-7)49-42(55)61-43(2,3)4/h10-15,27,29,35,38H,8-9,16-26,28H2,1-7H3,(H,47,52)(H,49,55)(H,50,54)/t35?,38-/m1/s1. The number of hydrogen-bond acceptors (Lipinski definition) is 13. The zero-order valence-corrected chi connectivity index (χ0v) is 39.0. The van der Waals surface area contributed by atoms with E-state index >= 15 is 0 Å². The van der Waals surface area contributed by atoms with Gasteiger partial charge in [0, 0.05) is 29.7 Å². The van der Waals surface area contributed by atoms with E-state index in [0.717, 1.165) is 21.7 Å². The molecule has 4 amide bonds. The molecule has 18 heteroatoms. The number of aryl methyl sites for hydroxylation is 1. The maximum absolute atomic E-state index is 14.9. The smallest absolute Gasteiger partial charge is 0.412 e. The maximum Gasteiger partial charge on any atom is 0.412 e. The number of amides is 4. The summed E-state index contributed by atoms with van der Waals surface area (Å²) in [6.45, 7) is 14.1. The first kappa shape index (κ1) is 49.5. The van der Waals surface area contributed by atoms with Crippen molar-refractivity contribution in [2.24, 2.45) is 0 Å². The first-order chi connectivity index (χ1) is 30.0. The minimum Gasteiger partial charge on any atom is -0.494 e. The molecule has 3 aromatic rings. The zero-order chi connectivity index (χ0) is 45.6. The number of anilines is 1. The molecular formula is C45H62FN5O10S2. The summed E-state index contributed by atoms with van der Waals surface area (Å²) in [4.78, 5) is 59.8. The fraction of sp³-hybridized carbons (Fsp3) is 0.578. The highest BCUT2D eigenvalue weighted by molar-refractivity contribution is 8.00. The van der Waals surface area contributed by atoms with Gasteiger partial charge in [-0.05, 0) is 90.5 Å². The topological polar surface area (TPSA) is 176 Å². The second-order valence-corrected chi connectivity index (χ2v) is 19.5. The molecule has 2 heterocycles.